The summed E-state index contributed by atoms with van der Waals surface area (Å²) in [5.74, 6) is 1.65. The van der Waals surface area contributed by atoms with Crippen LogP contribution in [0.4, 0.5) is 0 Å². The minimum absolute atomic E-state index is 0.312. The first-order valence-electron chi connectivity index (χ1n) is 4.96. The fourth-order valence-electron chi connectivity index (χ4n) is 1.37. The van der Waals surface area contributed by atoms with Crippen molar-refractivity contribution in [3.63, 3.8) is 0 Å². The molecule has 2 nitrogen and oxygen atoms in total. The van der Waals surface area contributed by atoms with Crippen molar-refractivity contribution in [1.29, 1.82) is 0 Å². The summed E-state index contributed by atoms with van der Waals surface area (Å²) in [7, 11) is 0. The third kappa shape index (κ3) is 4.34. The van der Waals surface area contributed by atoms with Crippen LogP contribution in [0.2, 0.25) is 0 Å². The van der Waals surface area contributed by atoms with Gasteiger partial charge in [-0.1, -0.05) is 20.8 Å². The van der Waals surface area contributed by atoms with Crippen LogP contribution in [0.25, 0.3) is 0 Å². The van der Waals surface area contributed by atoms with Gasteiger partial charge in [0.05, 0.1) is 6.61 Å². The number of ether oxygens (including phenoxy) is 1. The monoisotopic (exact) mass is 203 g/mol. The summed E-state index contributed by atoms with van der Waals surface area (Å²) in [6.45, 7) is 8.46. The van der Waals surface area contributed by atoms with Crippen LogP contribution in [0.3, 0.4) is 0 Å². The highest BCUT2D eigenvalue weighted by Crippen LogP contribution is 2.26. The quantitative estimate of drug-likeness (QED) is 0.760. The maximum atomic E-state index is 6.09. The van der Waals surface area contributed by atoms with E-state index in [0.29, 0.717) is 16.7 Å². The number of hydrogen-bond donors (Lipinski definition) is 1. The lowest BCUT2D eigenvalue weighted by Crippen LogP contribution is -2.34. The molecule has 1 aliphatic heterocycles. The molecule has 0 amide bonds. The Morgan fingerprint density at radius 1 is 1.54 bits per heavy atom. The van der Waals surface area contributed by atoms with Crippen molar-refractivity contribution in [1.82, 2.24) is 0 Å². The van der Waals surface area contributed by atoms with Crippen LogP contribution < -0.4 is 5.73 Å². The maximum absolute atomic E-state index is 6.09. The van der Waals surface area contributed by atoms with E-state index in [1.807, 2.05) is 11.8 Å². The lowest BCUT2D eigenvalue weighted by Gasteiger charge is -2.23. The smallest absolute Gasteiger partial charge is 0.0510 e. The lowest BCUT2D eigenvalue weighted by atomic mass is 10.0. The van der Waals surface area contributed by atoms with E-state index in [1.54, 1.807) is 0 Å². The predicted molar refractivity (Wildman–Crippen MR) is 59.1 cm³/mol. The molecule has 13 heavy (non-hydrogen) atoms. The average Bonchev–Trinajstić information content (AvgIpc) is 2.50. The Labute approximate surface area is 85.6 Å². The van der Waals surface area contributed by atoms with Gasteiger partial charge < -0.3 is 10.5 Å². The van der Waals surface area contributed by atoms with Crippen molar-refractivity contribution in [3.05, 3.63) is 0 Å². The summed E-state index contributed by atoms with van der Waals surface area (Å²) in [4.78, 5) is 0. The maximum Gasteiger partial charge on any atom is 0.0510 e. The van der Waals surface area contributed by atoms with Crippen LogP contribution >= 0.6 is 11.8 Å². The van der Waals surface area contributed by atoms with Gasteiger partial charge in [-0.15, -0.1) is 0 Å². The molecule has 2 unspecified atom stereocenters. The average molecular weight is 203 g/mol. The summed E-state index contributed by atoms with van der Waals surface area (Å²) in [5, 5.41) is 0. The molecular weight excluding hydrogens is 182 g/mol. The minimum Gasteiger partial charge on any atom is -0.381 e. The van der Waals surface area contributed by atoms with Crippen molar-refractivity contribution in [2.24, 2.45) is 11.7 Å². The first-order valence-corrected chi connectivity index (χ1v) is 5.95. The van der Waals surface area contributed by atoms with Gasteiger partial charge in [0.25, 0.3) is 0 Å². The molecule has 1 rings (SSSR count). The fourth-order valence-corrected chi connectivity index (χ4v) is 2.34. The molecule has 1 fully saturated rings. The van der Waals surface area contributed by atoms with Gasteiger partial charge in [0, 0.05) is 29.1 Å². The molecule has 0 spiro atoms. The molecule has 0 aromatic rings. The van der Waals surface area contributed by atoms with Crippen LogP contribution in [0.5, 0.6) is 0 Å². The Hall–Kier alpha value is 0.270. The molecule has 0 radical (unpaired) electrons. The topological polar surface area (TPSA) is 35.2 Å². The van der Waals surface area contributed by atoms with Crippen molar-refractivity contribution < 1.29 is 4.74 Å². The second-order valence-corrected chi connectivity index (χ2v) is 6.56. The highest BCUT2D eigenvalue weighted by Gasteiger charge is 2.24. The molecular formula is C10H21NOS. The molecule has 1 heterocycles. The van der Waals surface area contributed by atoms with E-state index in [9.17, 15) is 0 Å². The summed E-state index contributed by atoms with van der Waals surface area (Å²) < 4.78 is 5.65. The molecule has 0 aromatic carbocycles. The molecule has 78 valence electrons. The van der Waals surface area contributed by atoms with E-state index < -0.39 is 0 Å². The summed E-state index contributed by atoms with van der Waals surface area (Å²) in [5.41, 5.74) is 6.09. The van der Waals surface area contributed by atoms with Crippen LogP contribution in [0, 0.1) is 5.92 Å². The van der Waals surface area contributed by atoms with E-state index in [1.165, 1.54) is 0 Å². The number of thioether (sulfide) groups is 1. The Morgan fingerprint density at radius 3 is 2.69 bits per heavy atom. The molecule has 0 aromatic heterocycles. The largest absolute Gasteiger partial charge is 0.381 e. The number of nitrogens with two attached hydrogens (primary N) is 1. The third-order valence-electron chi connectivity index (χ3n) is 2.28. The van der Waals surface area contributed by atoms with Gasteiger partial charge in [-0.25, -0.2) is 0 Å². The lowest BCUT2D eigenvalue weighted by molar-refractivity contribution is 0.182. The first kappa shape index (κ1) is 11.3. The molecule has 0 aliphatic carbocycles. The number of rotatable bonds is 3. The van der Waals surface area contributed by atoms with Gasteiger partial charge in [-0.05, 0) is 6.42 Å². The van der Waals surface area contributed by atoms with Crippen LogP contribution in [0.1, 0.15) is 27.2 Å². The second-order valence-electron chi connectivity index (χ2n) is 4.71. The van der Waals surface area contributed by atoms with E-state index in [0.717, 1.165) is 25.4 Å². The zero-order valence-corrected chi connectivity index (χ0v) is 9.69. The van der Waals surface area contributed by atoms with Crippen LogP contribution in [-0.4, -0.2) is 29.8 Å². The molecule has 2 atom stereocenters. The molecule has 0 saturated carbocycles. The molecule has 1 saturated heterocycles. The van der Waals surface area contributed by atoms with Crippen molar-refractivity contribution in [3.8, 4) is 0 Å². The van der Waals surface area contributed by atoms with E-state index in [4.69, 9.17) is 10.5 Å². The van der Waals surface area contributed by atoms with Gasteiger partial charge in [0.15, 0.2) is 0 Å². The normalized spacial score (nSPS) is 26.3. The second kappa shape index (κ2) is 4.67. The van der Waals surface area contributed by atoms with Gasteiger partial charge >= 0.3 is 0 Å². The fraction of sp³-hybridized carbons (Fsp3) is 1.00. The Kier molecular flexibility index (Phi) is 4.07. The number of hydrogen-bond acceptors (Lipinski definition) is 3. The molecule has 3 heteroatoms. The minimum atomic E-state index is 0.312. The summed E-state index contributed by atoms with van der Waals surface area (Å²) in [6, 6.07) is 0.312. The molecule has 2 N–H and O–H groups in total. The zero-order valence-electron chi connectivity index (χ0n) is 8.88. The van der Waals surface area contributed by atoms with Crippen molar-refractivity contribution >= 4 is 11.8 Å². The van der Waals surface area contributed by atoms with Crippen LogP contribution in [0.15, 0.2) is 0 Å². The van der Waals surface area contributed by atoms with Crippen molar-refractivity contribution in [2.45, 2.75) is 38.0 Å². The highest BCUT2D eigenvalue weighted by atomic mass is 32.2. The van der Waals surface area contributed by atoms with Gasteiger partial charge in [0.2, 0.25) is 0 Å². The van der Waals surface area contributed by atoms with E-state index >= 15 is 0 Å². The standard InChI is InChI=1S/C10H21NOS/c1-10(2,3)13-7-9(11)8-4-5-12-6-8/h8-9H,4-7,11H2,1-3H3. The van der Waals surface area contributed by atoms with Crippen molar-refractivity contribution in [2.75, 3.05) is 19.0 Å². The van der Waals surface area contributed by atoms with Gasteiger partial charge in [-0.3, -0.25) is 0 Å². The van der Waals surface area contributed by atoms with Gasteiger partial charge in [-0.2, -0.15) is 11.8 Å². The zero-order chi connectivity index (χ0) is 9.90. The first-order chi connectivity index (χ1) is 5.99. The SMILES string of the molecule is CC(C)(C)SCC(N)C1CCOC1. The van der Waals surface area contributed by atoms with E-state index in [-0.39, 0.29) is 0 Å². The van der Waals surface area contributed by atoms with E-state index in [2.05, 4.69) is 20.8 Å². The predicted octanol–water partition coefficient (Wildman–Crippen LogP) is 1.88. The summed E-state index contributed by atoms with van der Waals surface area (Å²) >= 11 is 1.95. The Balaban J connectivity index is 2.20. The Bertz CT molecular complexity index is 149. The van der Waals surface area contributed by atoms with Gasteiger partial charge in [0.1, 0.15) is 0 Å². The van der Waals surface area contributed by atoms with Crippen LogP contribution in [-0.2, 0) is 4.74 Å². The third-order valence-corrected chi connectivity index (χ3v) is 3.70. The summed E-state index contributed by atoms with van der Waals surface area (Å²) in [6.07, 6.45) is 1.14. The highest BCUT2D eigenvalue weighted by molar-refractivity contribution is 8.00. The Morgan fingerprint density at radius 2 is 2.23 bits per heavy atom. The molecule has 1 aliphatic rings. The molecule has 0 bridgehead atoms.